The average molecular weight is 275 g/mol. The van der Waals surface area contributed by atoms with Crippen LogP contribution < -0.4 is 34.9 Å². The maximum absolute atomic E-state index is 8.49. The SMILES string of the molecule is Nc1[nH]c(-c2ccccc2)c[n+]1N.[O-][Cl+3]([O-])([O-])[O-]. The molecule has 1 aromatic heterocycles. The molecule has 1 aromatic carbocycles. The minimum Gasteiger partial charge on any atom is -0.289 e. The Morgan fingerprint density at radius 3 is 1.94 bits per heavy atom. The van der Waals surface area contributed by atoms with E-state index < -0.39 is 10.2 Å². The Hall–Kier alpha value is -1.84. The zero-order valence-corrected chi connectivity index (χ0v) is 9.83. The lowest BCUT2D eigenvalue weighted by molar-refractivity contribution is -2.00. The summed E-state index contributed by atoms with van der Waals surface area (Å²) in [5.41, 5.74) is 7.55. The second kappa shape index (κ2) is 5.67. The van der Waals surface area contributed by atoms with Crippen LogP contribution in [0.3, 0.4) is 0 Å². The Morgan fingerprint density at radius 2 is 1.56 bits per heavy atom. The van der Waals surface area contributed by atoms with E-state index in [4.69, 9.17) is 30.2 Å². The van der Waals surface area contributed by atoms with Crippen LogP contribution in [-0.4, -0.2) is 4.98 Å². The number of aromatic nitrogens is 2. The van der Waals surface area contributed by atoms with Gasteiger partial charge in [0.25, 0.3) is 0 Å². The number of hydrogen-bond donors (Lipinski definition) is 3. The van der Waals surface area contributed by atoms with Crippen molar-refractivity contribution in [1.29, 1.82) is 0 Å². The summed E-state index contributed by atoms with van der Waals surface area (Å²) in [6.45, 7) is 0. The van der Waals surface area contributed by atoms with Crippen LogP contribution in [0.25, 0.3) is 11.3 Å². The molecule has 0 fully saturated rings. The predicted octanol–water partition coefficient (Wildman–Crippen LogP) is -4.49. The van der Waals surface area contributed by atoms with Crippen molar-refractivity contribution in [2.75, 3.05) is 11.6 Å². The molecule has 0 unspecified atom stereocenters. The van der Waals surface area contributed by atoms with Crippen molar-refractivity contribution in [1.82, 2.24) is 4.98 Å². The van der Waals surface area contributed by atoms with E-state index in [2.05, 4.69) is 4.98 Å². The maximum Gasteiger partial charge on any atom is 0.374 e. The summed E-state index contributed by atoms with van der Waals surface area (Å²) in [7, 11) is -4.94. The molecule has 1 heterocycles. The topological polar surface area (TPSA) is 164 Å². The van der Waals surface area contributed by atoms with Gasteiger partial charge in [-0.1, -0.05) is 30.3 Å². The van der Waals surface area contributed by atoms with Gasteiger partial charge < -0.3 is 0 Å². The van der Waals surface area contributed by atoms with Gasteiger partial charge in [0.15, 0.2) is 0 Å². The molecule has 2 aromatic rings. The van der Waals surface area contributed by atoms with E-state index in [0.29, 0.717) is 5.95 Å². The van der Waals surface area contributed by atoms with Crippen LogP contribution in [0.1, 0.15) is 0 Å². The van der Waals surface area contributed by atoms with E-state index in [1.54, 1.807) is 6.20 Å². The lowest BCUT2D eigenvalue weighted by atomic mass is 10.2. The van der Waals surface area contributed by atoms with Crippen LogP contribution in [0.15, 0.2) is 36.5 Å². The van der Waals surface area contributed by atoms with Crippen LogP contribution in [0.2, 0.25) is 0 Å². The number of nitrogens with zero attached hydrogens (tertiary/aromatic N) is 1. The van der Waals surface area contributed by atoms with Gasteiger partial charge in [0.1, 0.15) is 11.9 Å². The van der Waals surface area contributed by atoms with E-state index in [1.807, 2.05) is 30.3 Å². The second-order valence-electron chi connectivity index (χ2n) is 3.20. The van der Waals surface area contributed by atoms with Gasteiger partial charge in [0, 0.05) is 5.56 Å². The molecule has 0 saturated heterocycles. The van der Waals surface area contributed by atoms with Gasteiger partial charge in [0.05, 0.1) is 0 Å². The fraction of sp³-hybridized carbons (Fsp3) is 0. The summed E-state index contributed by atoms with van der Waals surface area (Å²) >= 11 is 0. The van der Waals surface area contributed by atoms with Gasteiger partial charge in [-0.2, -0.15) is 0 Å². The number of rotatable bonds is 1. The van der Waals surface area contributed by atoms with Gasteiger partial charge in [-0.15, -0.1) is 14.9 Å². The van der Waals surface area contributed by atoms with Crippen LogP contribution in [0.5, 0.6) is 0 Å². The maximum atomic E-state index is 8.49. The van der Waals surface area contributed by atoms with Crippen molar-refractivity contribution in [2.45, 2.75) is 0 Å². The third-order valence-electron chi connectivity index (χ3n) is 1.89. The summed E-state index contributed by atoms with van der Waals surface area (Å²) in [4.78, 5) is 2.98. The number of H-pyrrole nitrogens is 1. The van der Waals surface area contributed by atoms with E-state index in [1.165, 1.54) is 4.68 Å². The van der Waals surface area contributed by atoms with Crippen molar-refractivity contribution in [3.8, 4) is 11.3 Å². The summed E-state index contributed by atoms with van der Waals surface area (Å²) in [6, 6.07) is 9.88. The fourth-order valence-electron chi connectivity index (χ4n) is 1.21. The monoisotopic (exact) mass is 274 g/mol. The molecule has 0 bridgehead atoms. The Bertz CT molecular complexity index is 472. The standard InChI is InChI=1S/C9H10N4.ClHO4/c10-9-12-8(6-13(9)11)7-4-2-1-3-5-7;2-1(3,4)5/h1-6H,11H2,(H2,10,12);(H,2,3,4,5). The largest absolute Gasteiger partial charge is 0.374 e. The Labute approximate surface area is 104 Å². The molecule has 8 nitrogen and oxygen atoms in total. The molecule has 9 heteroatoms. The predicted molar refractivity (Wildman–Crippen MR) is 51.0 cm³/mol. The number of nitrogens with one attached hydrogen (secondary N) is 1. The first kappa shape index (κ1) is 14.2. The fourth-order valence-corrected chi connectivity index (χ4v) is 1.21. The van der Waals surface area contributed by atoms with E-state index in [0.717, 1.165) is 11.3 Å². The van der Waals surface area contributed by atoms with Gasteiger partial charge >= 0.3 is 5.95 Å². The molecule has 0 aliphatic rings. The highest BCUT2D eigenvalue weighted by molar-refractivity contribution is 5.58. The van der Waals surface area contributed by atoms with Crippen molar-refractivity contribution in [3.63, 3.8) is 0 Å². The van der Waals surface area contributed by atoms with E-state index in [9.17, 15) is 0 Å². The quantitative estimate of drug-likeness (QED) is 0.350. The number of benzene rings is 1. The second-order valence-corrected chi connectivity index (χ2v) is 3.96. The lowest BCUT2D eigenvalue weighted by Crippen LogP contribution is -2.68. The van der Waals surface area contributed by atoms with Gasteiger partial charge in [-0.25, -0.2) is 23.6 Å². The highest BCUT2D eigenvalue weighted by Crippen LogP contribution is 2.14. The molecule has 0 aliphatic carbocycles. The van der Waals surface area contributed by atoms with E-state index in [-0.39, 0.29) is 0 Å². The minimum atomic E-state index is -4.94. The Morgan fingerprint density at radius 1 is 1.06 bits per heavy atom. The number of hydrogen-bond acceptors (Lipinski definition) is 6. The summed E-state index contributed by atoms with van der Waals surface area (Å²) in [5.74, 6) is 5.98. The molecular formula is C9H11ClN4O4. The molecule has 0 amide bonds. The van der Waals surface area contributed by atoms with Crippen LogP contribution >= 0.6 is 0 Å². The molecule has 0 saturated carbocycles. The van der Waals surface area contributed by atoms with Crippen LogP contribution in [0, 0.1) is 10.2 Å². The minimum absolute atomic E-state index is 0.443. The number of halogens is 1. The smallest absolute Gasteiger partial charge is 0.289 e. The van der Waals surface area contributed by atoms with Crippen molar-refractivity contribution < 1.29 is 33.6 Å². The highest BCUT2D eigenvalue weighted by atomic mass is 35.7. The normalized spacial score (nSPS) is 10.7. The molecule has 0 atom stereocenters. The van der Waals surface area contributed by atoms with Gasteiger partial charge in [0.2, 0.25) is 0 Å². The third-order valence-corrected chi connectivity index (χ3v) is 1.89. The Balaban J connectivity index is 0.000000280. The summed E-state index contributed by atoms with van der Waals surface area (Å²) in [5, 5.41) is 0. The van der Waals surface area contributed by atoms with Crippen molar-refractivity contribution in [2.24, 2.45) is 0 Å². The number of nitrogen functional groups attached to an aromatic ring is 2. The molecule has 0 aliphatic heterocycles. The number of anilines is 1. The molecule has 0 radical (unpaired) electrons. The Kier molecular flexibility index (Phi) is 4.48. The van der Waals surface area contributed by atoms with E-state index >= 15 is 0 Å². The molecule has 18 heavy (non-hydrogen) atoms. The third kappa shape index (κ3) is 4.99. The first-order chi connectivity index (χ1) is 8.27. The summed E-state index contributed by atoms with van der Waals surface area (Å²) < 4.78 is 35.3. The zero-order valence-electron chi connectivity index (χ0n) is 9.08. The van der Waals surface area contributed by atoms with Crippen LogP contribution in [0.4, 0.5) is 5.95 Å². The number of imidazole rings is 1. The number of nitrogens with two attached hydrogens (primary N) is 2. The number of aromatic amines is 1. The molecule has 0 spiro atoms. The molecule has 5 N–H and O–H groups in total. The zero-order chi connectivity index (χ0) is 13.8. The van der Waals surface area contributed by atoms with Gasteiger partial charge in [-0.05, 0) is 0 Å². The summed E-state index contributed by atoms with van der Waals surface area (Å²) in [6.07, 6.45) is 1.75. The lowest BCUT2D eigenvalue weighted by Gasteiger charge is -2.17. The van der Waals surface area contributed by atoms with Crippen LogP contribution in [-0.2, 0) is 0 Å². The van der Waals surface area contributed by atoms with Crippen molar-refractivity contribution >= 4 is 5.95 Å². The first-order valence-corrected chi connectivity index (χ1v) is 5.83. The average Bonchev–Trinajstić information content (AvgIpc) is 2.58. The molecule has 2 rings (SSSR count). The van der Waals surface area contributed by atoms with Crippen molar-refractivity contribution in [3.05, 3.63) is 36.5 Å². The molecular weight excluding hydrogens is 264 g/mol. The first-order valence-electron chi connectivity index (χ1n) is 4.60. The van der Waals surface area contributed by atoms with Gasteiger partial charge in [-0.3, -0.25) is 11.6 Å². The highest BCUT2D eigenvalue weighted by Gasteiger charge is 2.08. The molecule has 98 valence electrons.